The zero-order valence-electron chi connectivity index (χ0n) is 16.2. The van der Waals surface area contributed by atoms with Gasteiger partial charge in [0, 0.05) is 24.1 Å². The minimum absolute atomic E-state index is 0.256. The fourth-order valence-corrected chi connectivity index (χ4v) is 3.39. The van der Waals surface area contributed by atoms with Crippen molar-refractivity contribution in [3.8, 4) is 17.6 Å². The van der Waals surface area contributed by atoms with Crippen molar-refractivity contribution in [2.45, 2.75) is 13.3 Å². The van der Waals surface area contributed by atoms with Crippen molar-refractivity contribution in [2.75, 3.05) is 14.2 Å². The number of methoxy groups -OCH3 is 2. The Labute approximate surface area is 166 Å². The Kier molecular flexibility index (Phi) is 4.61. The predicted octanol–water partition coefficient (Wildman–Crippen LogP) is 3.26. The summed E-state index contributed by atoms with van der Waals surface area (Å²) in [6.07, 6.45) is 2.12. The zero-order chi connectivity index (χ0) is 20.5. The molecule has 7 nitrogen and oxygen atoms in total. The van der Waals surface area contributed by atoms with Crippen molar-refractivity contribution < 1.29 is 9.47 Å². The third-order valence-electron chi connectivity index (χ3n) is 4.86. The molecule has 0 aliphatic rings. The number of aromatic nitrogens is 3. The predicted molar refractivity (Wildman–Crippen MR) is 109 cm³/mol. The van der Waals surface area contributed by atoms with Gasteiger partial charge >= 0.3 is 0 Å². The summed E-state index contributed by atoms with van der Waals surface area (Å²) in [7, 11) is 3.05. The molecule has 29 heavy (non-hydrogen) atoms. The number of fused-ring (bicyclic) bond motifs is 2. The normalized spacial score (nSPS) is 10.8. The Hall–Kier alpha value is -3.92. The lowest BCUT2D eigenvalue weighted by molar-refractivity contribution is 0.355. The molecule has 0 aliphatic heterocycles. The van der Waals surface area contributed by atoms with E-state index in [0.717, 1.165) is 22.0 Å². The average molecular weight is 386 g/mol. The first-order chi connectivity index (χ1) is 14.0. The number of ether oxygens (including phenoxy) is 2. The summed E-state index contributed by atoms with van der Waals surface area (Å²) in [6, 6.07) is 11.1. The molecule has 0 fully saturated rings. The van der Waals surface area contributed by atoms with Gasteiger partial charge in [0.1, 0.15) is 5.82 Å². The molecule has 0 amide bonds. The highest BCUT2D eigenvalue weighted by Crippen LogP contribution is 2.30. The number of hydrogen-bond acceptors (Lipinski definition) is 6. The van der Waals surface area contributed by atoms with Crippen LogP contribution in [0.5, 0.6) is 11.5 Å². The van der Waals surface area contributed by atoms with E-state index in [2.05, 4.69) is 21.0 Å². The van der Waals surface area contributed by atoms with Crippen LogP contribution in [0.1, 0.15) is 22.5 Å². The lowest BCUT2D eigenvalue weighted by Gasteiger charge is -2.10. The molecule has 0 saturated carbocycles. The average Bonchev–Trinajstić information content (AvgIpc) is 2.73. The monoisotopic (exact) mass is 386 g/mol. The van der Waals surface area contributed by atoms with Crippen LogP contribution in [-0.4, -0.2) is 29.2 Å². The number of nitrogens with zero attached hydrogens (tertiary/aromatic N) is 3. The molecule has 4 rings (SSSR count). The van der Waals surface area contributed by atoms with Gasteiger partial charge in [-0.1, -0.05) is 6.07 Å². The summed E-state index contributed by atoms with van der Waals surface area (Å²) >= 11 is 0. The fourth-order valence-electron chi connectivity index (χ4n) is 3.39. The van der Waals surface area contributed by atoms with Gasteiger partial charge in [-0.2, -0.15) is 5.26 Å². The molecule has 1 N–H and O–H groups in total. The number of aromatic amines is 1. The lowest BCUT2D eigenvalue weighted by atomic mass is 10.0. The Morgan fingerprint density at radius 1 is 1.10 bits per heavy atom. The van der Waals surface area contributed by atoms with Crippen molar-refractivity contribution in [3.63, 3.8) is 0 Å². The van der Waals surface area contributed by atoms with Gasteiger partial charge in [0.05, 0.1) is 42.3 Å². The van der Waals surface area contributed by atoms with Crippen molar-refractivity contribution >= 4 is 21.8 Å². The first-order valence-corrected chi connectivity index (χ1v) is 8.97. The van der Waals surface area contributed by atoms with Crippen molar-refractivity contribution in [1.82, 2.24) is 15.0 Å². The topological polar surface area (TPSA) is 101 Å². The molecule has 0 unspecified atom stereocenters. The smallest absolute Gasteiger partial charge is 0.258 e. The molecule has 0 aliphatic carbocycles. The Morgan fingerprint density at radius 2 is 1.86 bits per heavy atom. The minimum Gasteiger partial charge on any atom is -0.493 e. The van der Waals surface area contributed by atoms with E-state index in [0.29, 0.717) is 40.2 Å². The van der Waals surface area contributed by atoms with Crippen molar-refractivity contribution in [3.05, 3.63) is 69.4 Å². The second-order valence-corrected chi connectivity index (χ2v) is 6.70. The maximum absolute atomic E-state index is 12.6. The summed E-state index contributed by atoms with van der Waals surface area (Å²) < 4.78 is 10.6. The van der Waals surface area contributed by atoms with Gasteiger partial charge in [-0.3, -0.25) is 9.78 Å². The van der Waals surface area contributed by atoms with Gasteiger partial charge in [-0.05, 0) is 36.2 Å². The van der Waals surface area contributed by atoms with E-state index in [1.54, 1.807) is 24.4 Å². The molecule has 4 aromatic rings. The summed E-state index contributed by atoms with van der Waals surface area (Å²) in [4.78, 5) is 24.5. The number of pyridine rings is 1. The maximum atomic E-state index is 12.6. The highest BCUT2D eigenvalue weighted by molar-refractivity contribution is 5.87. The van der Waals surface area contributed by atoms with E-state index in [4.69, 9.17) is 9.47 Å². The van der Waals surface area contributed by atoms with Crippen LogP contribution in [0.15, 0.2) is 41.3 Å². The molecule has 7 heteroatoms. The number of nitrogens with one attached hydrogen (secondary N) is 1. The Morgan fingerprint density at radius 3 is 2.59 bits per heavy atom. The number of aryl methyl sites for hydroxylation is 1. The molecule has 0 atom stereocenters. The van der Waals surface area contributed by atoms with Crippen LogP contribution in [0.3, 0.4) is 0 Å². The fraction of sp³-hybridized carbons (Fsp3) is 0.182. The van der Waals surface area contributed by atoms with Crippen molar-refractivity contribution in [2.24, 2.45) is 0 Å². The number of hydrogen-bond donors (Lipinski definition) is 1. The molecule has 0 saturated heterocycles. The first kappa shape index (κ1) is 18.4. The highest BCUT2D eigenvalue weighted by atomic mass is 16.5. The minimum atomic E-state index is -0.256. The summed E-state index contributed by atoms with van der Waals surface area (Å²) in [5.41, 5.74) is 3.48. The first-order valence-electron chi connectivity index (χ1n) is 8.97. The largest absolute Gasteiger partial charge is 0.493 e. The van der Waals surface area contributed by atoms with E-state index >= 15 is 0 Å². The van der Waals surface area contributed by atoms with Crippen LogP contribution in [0.4, 0.5) is 0 Å². The van der Waals surface area contributed by atoms with Gasteiger partial charge < -0.3 is 14.5 Å². The van der Waals surface area contributed by atoms with E-state index in [9.17, 15) is 10.1 Å². The van der Waals surface area contributed by atoms with Gasteiger partial charge in [0.2, 0.25) is 0 Å². The molecule has 2 aromatic heterocycles. The SMILES string of the molecule is COc1cc2nc(Cc3cnc4c(C)ccc(C#N)c4c3)[nH]c(=O)c2cc1OC. The second kappa shape index (κ2) is 7.24. The van der Waals surface area contributed by atoms with Crippen LogP contribution in [0, 0.1) is 18.3 Å². The van der Waals surface area contributed by atoms with Crippen LogP contribution < -0.4 is 15.0 Å². The molecule has 0 spiro atoms. The third-order valence-corrected chi connectivity index (χ3v) is 4.86. The van der Waals surface area contributed by atoms with Gasteiger partial charge in [-0.25, -0.2) is 4.98 Å². The van der Waals surface area contributed by atoms with Crippen LogP contribution in [-0.2, 0) is 6.42 Å². The van der Waals surface area contributed by atoms with E-state index in [-0.39, 0.29) is 5.56 Å². The van der Waals surface area contributed by atoms with E-state index < -0.39 is 0 Å². The highest BCUT2D eigenvalue weighted by Gasteiger charge is 2.12. The standard InChI is InChI=1S/C22H18N4O3/c1-12-4-5-14(10-23)15-6-13(11-24-21(12)15)7-20-25-17-9-19(29-3)18(28-2)8-16(17)22(27)26-20/h4-6,8-9,11H,7H2,1-3H3,(H,25,26,27). The lowest BCUT2D eigenvalue weighted by Crippen LogP contribution is -2.12. The van der Waals surface area contributed by atoms with Crippen LogP contribution in [0.25, 0.3) is 21.8 Å². The molecule has 2 aromatic carbocycles. The molecule has 2 heterocycles. The zero-order valence-corrected chi connectivity index (χ0v) is 16.2. The number of rotatable bonds is 4. The quantitative estimate of drug-likeness (QED) is 0.578. The number of benzene rings is 2. The maximum Gasteiger partial charge on any atom is 0.258 e. The van der Waals surface area contributed by atoms with Gasteiger partial charge in [0.25, 0.3) is 5.56 Å². The van der Waals surface area contributed by atoms with Crippen LogP contribution >= 0.6 is 0 Å². The molecule has 144 valence electrons. The van der Waals surface area contributed by atoms with Gasteiger partial charge in [0.15, 0.2) is 11.5 Å². The van der Waals surface area contributed by atoms with E-state index in [1.165, 1.54) is 14.2 Å². The Balaban J connectivity index is 1.80. The number of H-pyrrole nitrogens is 1. The number of nitriles is 1. The molecular formula is C22H18N4O3. The Bertz CT molecular complexity index is 1350. The van der Waals surface area contributed by atoms with Crippen LogP contribution in [0.2, 0.25) is 0 Å². The summed E-state index contributed by atoms with van der Waals surface area (Å²) in [6.45, 7) is 1.96. The van der Waals surface area contributed by atoms with Gasteiger partial charge in [-0.15, -0.1) is 0 Å². The molecule has 0 bridgehead atoms. The third kappa shape index (κ3) is 3.25. The molecule has 0 radical (unpaired) electrons. The molecular weight excluding hydrogens is 368 g/mol. The second-order valence-electron chi connectivity index (χ2n) is 6.70. The summed E-state index contributed by atoms with van der Waals surface area (Å²) in [5.74, 6) is 1.48. The van der Waals surface area contributed by atoms with E-state index in [1.807, 2.05) is 19.1 Å². The summed E-state index contributed by atoms with van der Waals surface area (Å²) in [5, 5.41) is 10.6. The van der Waals surface area contributed by atoms with Crippen molar-refractivity contribution in [1.29, 1.82) is 5.26 Å².